The Balaban J connectivity index is 1.96. The Bertz CT molecular complexity index is 993. The van der Waals surface area contributed by atoms with Crippen LogP contribution in [0.2, 0.25) is 0 Å². The Morgan fingerprint density at radius 1 is 1.25 bits per heavy atom. The van der Waals surface area contributed by atoms with Crippen LogP contribution in [0.3, 0.4) is 0 Å². The summed E-state index contributed by atoms with van der Waals surface area (Å²) in [7, 11) is 0. The van der Waals surface area contributed by atoms with Crippen LogP contribution in [0.1, 0.15) is 26.1 Å². The van der Waals surface area contributed by atoms with Crippen molar-refractivity contribution in [1.82, 2.24) is 14.5 Å². The number of halogens is 1. The minimum atomic E-state index is -0.538. The highest BCUT2D eigenvalue weighted by Gasteiger charge is 2.28. The molecule has 0 spiro atoms. The summed E-state index contributed by atoms with van der Waals surface area (Å²) in [6, 6.07) is 8.59. The summed E-state index contributed by atoms with van der Waals surface area (Å²) in [5.41, 5.74) is 1.45. The maximum atomic E-state index is 14.7. The van der Waals surface area contributed by atoms with Gasteiger partial charge in [-0.15, -0.1) is 0 Å². The first-order chi connectivity index (χ1) is 11.4. The number of hydrogen-bond acceptors (Lipinski definition) is 3. The molecule has 122 valence electrons. The molecule has 0 aliphatic carbocycles. The van der Waals surface area contributed by atoms with Gasteiger partial charge in [-0.05, 0) is 36.1 Å². The number of aryl methyl sites for hydroxylation is 1. The Morgan fingerprint density at radius 2 is 2.08 bits per heavy atom. The molecule has 0 fully saturated rings. The molecular formula is C19H18FN3O. The standard InChI is InChI=1S/C19H18FN3O/c1-19(2)7-6-16-22-15-10-12(14-5-3-4-8-21-14)9-13(20)17(15)18(24)23(16)11-19/h3-5,8-10H,6-7,11H2,1-2H3. The van der Waals surface area contributed by atoms with E-state index in [-0.39, 0.29) is 16.4 Å². The van der Waals surface area contributed by atoms with Gasteiger partial charge >= 0.3 is 0 Å². The van der Waals surface area contributed by atoms with Gasteiger partial charge in [-0.1, -0.05) is 19.9 Å². The summed E-state index contributed by atoms with van der Waals surface area (Å²) in [6.07, 6.45) is 3.36. The van der Waals surface area contributed by atoms with E-state index in [2.05, 4.69) is 23.8 Å². The Labute approximate surface area is 139 Å². The minimum absolute atomic E-state index is 0.0244. The summed E-state index contributed by atoms with van der Waals surface area (Å²) < 4.78 is 16.3. The van der Waals surface area contributed by atoms with E-state index in [1.165, 1.54) is 6.07 Å². The van der Waals surface area contributed by atoms with Gasteiger partial charge in [0.1, 0.15) is 17.0 Å². The van der Waals surface area contributed by atoms with Gasteiger partial charge in [-0.25, -0.2) is 9.37 Å². The topological polar surface area (TPSA) is 47.8 Å². The van der Waals surface area contributed by atoms with Crippen LogP contribution in [0, 0.1) is 11.2 Å². The molecule has 3 heterocycles. The van der Waals surface area contributed by atoms with E-state index >= 15 is 0 Å². The number of rotatable bonds is 1. The van der Waals surface area contributed by atoms with Crippen molar-refractivity contribution in [2.45, 2.75) is 33.2 Å². The molecule has 1 aliphatic rings. The van der Waals surface area contributed by atoms with Crippen molar-refractivity contribution in [3.8, 4) is 11.3 Å². The highest BCUT2D eigenvalue weighted by Crippen LogP contribution is 2.30. The van der Waals surface area contributed by atoms with Gasteiger partial charge in [0, 0.05) is 24.7 Å². The Hall–Kier alpha value is -2.56. The maximum Gasteiger partial charge on any atom is 0.264 e. The van der Waals surface area contributed by atoms with Gasteiger partial charge in [0.15, 0.2) is 0 Å². The van der Waals surface area contributed by atoms with Crippen molar-refractivity contribution in [1.29, 1.82) is 0 Å². The smallest absolute Gasteiger partial charge is 0.264 e. The second-order valence-corrected chi connectivity index (χ2v) is 7.15. The monoisotopic (exact) mass is 323 g/mol. The van der Waals surface area contributed by atoms with Crippen LogP contribution < -0.4 is 5.56 Å². The molecule has 0 unspecified atom stereocenters. The summed E-state index contributed by atoms with van der Waals surface area (Å²) in [5.74, 6) is 0.203. The van der Waals surface area contributed by atoms with Gasteiger partial charge < -0.3 is 0 Å². The highest BCUT2D eigenvalue weighted by atomic mass is 19.1. The van der Waals surface area contributed by atoms with Crippen LogP contribution in [0.5, 0.6) is 0 Å². The molecule has 24 heavy (non-hydrogen) atoms. The second-order valence-electron chi connectivity index (χ2n) is 7.15. The lowest BCUT2D eigenvalue weighted by Crippen LogP contribution is -2.36. The fraction of sp³-hybridized carbons (Fsp3) is 0.316. The lowest BCUT2D eigenvalue weighted by Gasteiger charge is -2.31. The van der Waals surface area contributed by atoms with Gasteiger partial charge in [0.05, 0.1) is 11.2 Å². The minimum Gasteiger partial charge on any atom is -0.295 e. The van der Waals surface area contributed by atoms with E-state index in [1.54, 1.807) is 16.8 Å². The van der Waals surface area contributed by atoms with Gasteiger partial charge in [-0.2, -0.15) is 0 Å². The third kappa shape index (κ3) is 2.40. The molecule has 0 radical (unpaired) electrons. The van der Waals surface area contributed by atoms with Crippen LogP contribution in [0.15, 0.2) is 41.3 Å². The van der Waals surface area contributed by atoms with Crippen LogP contribution in [0.25, 0.3) is 22.2 Å². The lowest BCUT2D eigenvalue weighted by molar-refractivity contribution is 0.240. The summed E-state index contributed by atoms with van der Waals surface area (Å²) in [4.78, 5) is 21.6. The van der Waals surface area contributed by atoms with Gasteiger partial charge in [0.25, 0.3) is 5.56 Å². The van der Waals surface area contributed by atoms with Crippen molar-refractivity contribution < 1.29 is 4.39 Å². The zero-order valence-electron chi connectivity index (χ0n) is 13.7. The molecule has 2 aromatic heterocycles. The molecule has 4 nitrogen and oxygen atoms in total. The normalized spacial score (nSPS) is 16.1. The van der Waals surface area contributed by atoms with Crippen LogP contribution in [-0.4, -0.2) is 14.5 Å². The zero-order valence-corrected chi connectivity index (χ0v) is 13.7. The first-order valence-corrected chi connectivity index (χ1v) is 8.09. The Kier molecular flexibility index (Phi) is 3.27. The molecule has 0 bridgehead atoms. The SMILES string of the molecule is CC1(C)CCc2nc3cc(-c4ccccn4)cc(F)c3c(=O)n2C1. The zero-order chi connectivity index (χ0) is 16.9. The van der Waals surface area contributed by atoms with E-state index in [1.807, 2.05) is 18.2 Å². The number of pyridine rings is 1. The van der Waals surface area contributed by atoms with Crippen LogP contribution >= 0.6 is 0 Å². The van der Waals surface area contributed by atoms with Crippen molar-refractivity contribution >= 4 is 10.9 Å². The third-order valence-electron chi connectivity index (χ3n) is 4.66. The molecule has 0 amide bonds. The number of nitrogens with zero attached hydrogens (tertiary/aromatic N) is 3. The highest BCUT2D eigenvalue weighted by molar-refractivity contribution is 5.83. The van der Waals surface area contributed by atoms with E-state index in [9.17, 15) is 9.18 Å². The van der Waals surface area contributed by atoms with Crippen molar-refractivity contribution in [3.05, 3.63) is 58.5 Å². The second kappa shape index (κ2) is 5.23. The molecule has 0 saturated carbocycles. The molecule has 3 aromatic rings. The predicted octanol–water partition coefficient (Wildman–Crippen LogP) is 3.57. The molecule has 5 heteroatoms. The molecular weight excluding hydrogens is 305 g/mol. The van der Waals surface area contributed by atoms with E-state index < -0.39 is 5.82 Å². The Morgan fingerprint density at radius 3 is 2.83 bits per heavy atom. The molecule has 4 rings (SSSR count). The average molecular weight is 323 g/mol. The van der Waals surface area contributed by atoms with Gasteiger partial charge in [0.2, 0.25) is 0 Å². The van der Waals surface area contributed by atoms with Crippen molar-refractivity contribution in [3.63, 3.8) is 0 Å². The van der Waals surface area contributed by atoms with E-state index in [0.717, 1.165) is 18.7 Å². The molecule has 0 N–H and O–H groups in total. The molecule has 0 saturated heterocycles. The number of benzene rings is 1. The molecule has 1 aromatic carbocycles. The first kappa shape index (κ1) is 15.0. The fourth-order valence-electron chi connectivity index (χ4n) is 3.34. The average Bonchev–Trinajstić information content (AvgIpc) is 2.56. The molecule has 0 atom stereocenters. The number of hydrogen-bond donors (Lipinski definition) is 0. The molecule has 1 aliphatic heterocycles. The van der Waals surface area contributed by atoms with Crippen LogP contribution in [-0.2, 0) is 13.0 Å². The maximum absolute atomic E-state index is 14.7. The van der Waals surface area contributed by atoms with Crippen molar-refractivity contribution in [2.75, 3.05) is 0 Å². The summed E-state index contributed by atoms with van der Waals surface area (Å²) in [5, 5.41) is 0.0659. The number of fused-ring (bicyclic) bond motifs is 2. The van der Waals surface area contributed by atoms with Gasteiger partial charge in [-0.3, -0.25) is 14.3 Å². The summed E-state index contributed by atoms with van der Waals surface area (Å²) >= 11 is 0. The first-order valence-electron chi connectivity index (χ1n) is 8.09. The van der Waals surface area contributed by atoms with Crippen molar-refractivity contribution in [2.24, 2.45) is 5.41 Å². The third-order valence-corrected chi connectivity index (χ3v) is 4.66. The van der Waals surface area contributed by atoms with E-state index in [4.69, 9.17) is 0 Å². The largest absolute Gasteiger partial charge is 0.295 e. The summed E-state index contributed by atoms with van der Waals surface area (Å²) in [6.45, 7) is 4.81. The fourth-order valence-corrected chi connectivity index (χ4v) is 3.34. The number of aromatic nitrogens is 3. The lowest BCUT2D eigenvalue weighted by atomic mass is 9.85. The van der Waals surface area contributed by atoms with Crippen LogP contribution in [0.4, 0.5) is 4.39 Å². The quantitative estimate of drug-likeness (QED) is 0.688. The predicted molar refractivity (Wildman–Crippen MR) is 91.3 cm³/mol. The van der Waals surface area contributed by atoms with E-state index in [0.29, 0.717) is 23.3 Å².